The van der Waals surface area contributed by atoms with Gasteiger partial charge in [-0.05, 0) is 48.2 Å². The highest BCUT2D eigenvalue weighted by molar-refractivity contribution is 5.48. The molecule has 3 aromatic rings. The summed E-state index contributed by atoms with van der Waals surface area (Å²) in [6.07, 6.45) is 0. The number of nitrogens with zero attached hydrogens (tertiary/aromatic N) is 1. The van der Waals surface area contributed by atoms with Gasteiger partial charge in [0.15, 0.2) is 0 Å². The van der Waals surface area contributed by atoms with Crippen LogP contribution in [0.25, 0.3) is 0 Å². The third kappa shape index (κ3) is 3.81. The van der Waals surface area contributed by atoms with Gasteiger partial charge in [-0.1, -0.05) is 66.7 Å². The minimum absolute atomic E-state index is 0.922. The summed E-state index contributed by atoms with van der Waals surface area (Å²) in [5.74, 6) is 0. The van der Waals surface area contributed by atoms with Gasteiger partial charge in [0.1, 0.15) is 0 Å². The van der Waals surface area contributed by atoms with Crippen LogP contribution in [0.5, 0.6) is 0 Å². The summed E-state index contributed by atoms with van der Waals surface area (Å²) in [7, 11) is 0. The number of hydrogen-bond acceptors (Lipinski definition) is 1. The molecule has 0 aliphatic rings. The van der Waals surface area contributed by atoms with Gasteiger partial charge >= 0.3 is 0 Å². The second kappa shape index (κ2) is 7.15. The first-order valence-corrected chi connectivity index (χ1v) is 8.13. The molecule has 0 saturated carbocycles. The van der Waals surface area contributed by atoms with Gasteiger partial charge in [0.2, 0.25) is 0 Å². The Morgan fingerprint density at radius 2 is 1.00 bits per heavy atom. The Hall–Kier alpha value is -2.54. The lowest BCUT2D eigenvalue weighted by atomic mass is 10.1. The third-order valence-corrected chi connectivity index (χ3v) is 4.37. The van der Waals surface area contributed by atoms with E-state index < -0.39 is 0 Å². The van der Waals surface area contributed by atoms with Crippen LogP contribution in [0, 0.1) is 13.8 Å². The smallest absolute Gasteiger partial charge is 0.0435 e. The van der Waals surface area contributed by atoms with Crippen LogP contribution in [0.15, 0.2) is 78.9 Å². The van der Waals surface area contributed by atoms with E-state index in [1.165, 1.54) is 27.9 Å². The fraction of sp³-hybridized carbons (Fsp3) is 0.182. The molecule has 3 aromatic carbocycles. The zero-order valence-corrected chi connectivity index (χ0v) is 13.9. The Morgan fingerprint density at radius 1 is 0.565 bits per heavy atom. The maximum Gasteiger partial charge on any atom is 0.0435 e. The van der Waals surface area contributed by atoms with Crippen LogP contribution in [0.3, 0.4) is 0 Å². The second-order valence-corrected chi connectivity index (χ2v) is 6.04. The Morgan fingerprint density at radius 3 is 1.48 bits per heavy atom. The average Bonchev–Trinajstić information content (AvgIpc) is 2.59. The number of hydrogen-bond donors (Lipinski definition) is 0. The second-order valence-electron chi connectivity index (χ2n) is 6.04. The standard InChI is InChI=1S/C22H23N/c1-18-10-6-8-12-20(18)16-23(22-14-4-3-5-15-22)17-21-13-9-7-11-19(21)2/h3-15H,16-17H2,1-2H3. The molecule has 116 valence electrons. The molecule has 0 aromatic heterocycles. The van der Waals surface area contributed by atoms with E-state index in [0.29, 0.717) is 0 Å². The SMILES string of the molecule is Cc1ccccc1CN(Cc1ccccc1C)c1ccccc1. The molecule has 0 N–H and O–H groups in total. The Kier molecular flexibility index (Phi) is 4.77. The van der Waals surface area contributed by atoms with Crippen molar-refractivity contribution in [1.82, 2.24) is 0 Å². The molecule has 0 unspecified atom stereocenters. The minimum Gasteiger partial charge on any atom is -0.363 e. The molecule has 0 fully saturated rings. The van der Waals surface area contributed by atoms with Crippen molar-refractivity contribution in [3.63, 3.8) is 0 Å². The molecular weight excluding hydrogens is 278 g/mol. The lowest BCUT2D eigenvalue weighted by Gasteiger charge is -2.26. The van der Waals surface area contributed by atoms with Gasteiger partial charge in [-0.3, -0.25) is 0 Å². The molecule has 1 nitrogen and oxygen atoms in total. The van der Waals surface area contributed by atoms with E-state index in [2.05, 4.69) is 97.6 Å². The van der Waals surface area contributed by atoms with Gasteiger partial charge in [0.05, 0.1) is 0 Å². The van der Waals surface area contributed by atoms with Gasteiger partial charge in [-0.25, -0.2) is 0 Å². The van der Waals surface area contributed by atoms with Crippen molar-refractivity contribution in [2.75, 3.05) is 4.90 Å². The van der Waals surface area contributed by atoms with Crippen molar-refractivity contribution < 1.29 is 0 Å². The Labute approximate surface area is 139 Å². The molecule has 1 heteroatoms. The molecule has 0 amide bonds. The van der Waals surface area contributed by atoms with Gasteiger partial charge in [0.25, 0.3) is 0 Å². The summed E-state index contributed by atoms with van der Waals surface area (Å²) < 4.78 is 0. The molecule has 0 saturated heterocycles. The molecule has 23 heavy (non-hydrogen) atoms. The molecule has 0 aliphatic heterocycles. The van der Waals surface area contributed by atoms with Crippen molar-refractivity contribution >= 4 is 5.69 Å². The fourth-order valence-electron chi connectivity index (χ4n) is 2.86. The number of rotatable bonds is 5. The van der Waals surface area contributed by atoms with Gasteiger partial charge in [0, 0.05) is 18.8 Å². The van der Waals surface area contributed by atoms with Gasteiger partial charge in [-0.15, -0.1) is 0 Å². The van der Waals surface area contributed by atoms with Crippen molar-refractivity contribution in [1.29, 1.82) is 0 Å². The normalized spacial score (nSPS) is 10.5. The van der Waals surface area contributed by atoms with Crippen LogP contribution >= 0.6 is 0 Å². The third-order valence-electron chi connectivity index (χ3n) is 4.37. The first-order valence-electron chi connectivity index (χ1n) is 8.13. The number of benzene rings is 3. The number of anilines is 1. The maximum atomic E-state index is 2.45. The zero-order valence-electron chi connectivity index (χ0n) is 13.9. The molecule has 0 bridgehead atoms. The largest absolute Gasteiger partial charge is 0.363 e. The molecule has 3 rings (SSSR count). The molecular formula is C22H23N. The lowest BCUT2D eigenvalue weighted by molar-refractivity contribution is 0.792. The monoisotopic (exact) mass is 301 g/mol. The predicted molar refractivity (Wildman–Crippen MR) is 98.7 cm³/mol. The van der Waals surface area contributed by atoms with Crippen LogP contribution < -0.4 is 4.90 Å². The summed E-state index contributed by atoms with van der Waals surface area (Å²) in [4.78, 5) is 2.45. The van der Waals surface area contributed by atoms with E-state index in [0.717, 1.165) is 13.1 Å². The van der Waals surface area contributed by atoms with Crippen molar-refractivity contribution in [2.24, 2.45) is 0 Å². The highest BCUT2D eigenvalue weighted by Crippen LogP contribution is 2.22. The molecule has 0 radical (unpaired) electrons. The molecule has 0 heterocycles. The van der Waals surface area contributed by atoms with E-state index in [1.54, 1.807) is 0 Å². The van der Waals surface area contributed by atoms with Crippen LogP contribution in [-0.2, 0) is 13.1 Å². The first-order chi connectivity index (χ1) is 11.2. The summed E-state index contributed by atoms with van der Waals surface area (Å²) >= 11 is 0. The van der Waals surface area contributed by atoms with E-state index in [9.17, 15) is 0 Å². The highest BCUT2D eigenvalue weighted by atomic mass is 15.1. The van der Waals surface area contributed by atoms with Crippen molar-refractivity contribution in [2.45, 2.75) is 26.9 Å². The predicted octanol–water partition coefficient (Wildman–Crippen LogP) is 5.51. The Bertz CT molecular complexity index is 714. The van der Waals surface area contributed by atoms with Crippen LogP contribution in [0.4, 0.5) is 5.69 Å². The lowest BCUT2D eigenvalue weighted by Crippen LogP contribution is -2.23. The quantitative estimate of drug-likeness (QED) is 0.600. The first kappa shape index (κ1) is 15.4. The van der Waals surface area contributed by atoms with Crippen LogP contribution in [-0.4, -0.2) is 0 Å². The average molecular weight is 301 g/mol. The maximum absolute atomic E-state index is 2.45. The highest BCUT2D eigenvalue weighted by Gasteiger charge is 2.10. The summed E-state index contributed by atoms with van der Waals surface area (Å²) in [5.41, 5.74) is 6.71. The van der Waals surface area contributed by atoms with Gasteiger partial charge in [-0.2, -0.15) is 0 Å². The van der Waals surface area contributed by atoms with Crippen molar-refractivity contribution in [3.05, 3.63) is 101 Å². The van der Waals surface area contributed by atoms with Crippen LogP contribution in [0.2, 0.25) is 0 Å². The summed E-state index contributed by atoms with van der Waals surface area (Å²) in [5, 5.41) is 0. The van der Waals surface area contributed by atoms with E-state index in [1.807, 2.05) is 0 Å². The summed E-state index contributed by atoms with van der Waals surface area (Å²) in [6, 6.07) is 28.0. The number of aryl methyl sites for hydroxylation is 2. The van der Waals surface area contributed by atoms with Crippen molar-refractivity contribution in [3.8, 4) is 0 Å². The van der Waals surface area contributed by atoms with Gasteiger partial charge < -0.3 is 4.90 Å². The molecule has 0 aliphatic carbocycles. The molecule has 0 atom stereocenters. The molecule has 0 spiro atoms. The van der Waals surface area contributed by atoms with E-state index in [4.69, 9.17) is 0 Å². The van der Waals surface area contributed by atoms with E-state index >= 15 is 0 Å². The van der Waals surface area contributed by atoms with Crippen LogP contribution in [0.1, 0.15) is 22.3 Å². The zero-order chi connectivity index (χ0) is 16.1. The topological polar surface area (TPSA) is 3.24 Å². The summed E-state index contributed by atoms with van der Waals surface area (Å²) in [6.45, 7) is 6.22. The fourth-order valence-corrected chi connectivity index (χ4v) is 2.86. The number of para-hydroxylation sites is 1. The minimum atomic E-state index is 0.922. The van der Waals surface area contributed by atoms with E-state index in [-0.39, 0.29) is 0 Å². The Balaban J connectivity index is 1.91.